The zero-order valence-corrected chi connectivity index (χ0v) is 15.5. The van der Waals surface area contributed by atoms with Crippen molar-refractivity contribution >= 4 is 15.9 Å². The van der Waals surface area contributed by atoms with Crippen molar-refractivity contribution in [2.75, 3.05) is 40.4 Å². The third-order valence-electron chi connectivity index (χ3n) is 4.47. The lowest BCUT2D eigenvalue weighted by molar-refractivity contribution is -0.135. The van der Waals surface area contributed by atoms with Gasteiger partial charge in [0, 0.05) is 46.3 Å². The molecule has 0 aliphatic carbocycles. The fourth-order valence-electron chi connectivity index (χ4n) is 2.97. The van der Waals surface area contributed by atoms with Crippen LogP contribution in [0.25, 0.3) is 0 Å². The van der Waals surface area contributed by atoms with E-state index in [2.05, 4.69) is 0 Å². The lowest BCUT2D eigenvalue weighted by Crippen LogP contribution is -2.43. The number of rotatable bonds is 7. The van der Waals surface area contributed by atoms with Gasteiger partial charge >= 0.3 is 0 Å². The Labute approximate surface area is 148 Å². The number of nitrogens with zero attached hydrogens (tertiary/aromatic N) is 2. The van der Waals surface area contributed by atoms with E-state index in [9.17, 15) is 17.6 Å². The smallest absolute Gasteiger partial charge is 0.243 e. The van der Waals surface area contributed by atoms with E-state index < -0.39 is 15.8 Å². The summed E-state index contributed by atoms with van der Waals surface area (Å²) in [4.78, 5) is 14.2. The monoisotopic (exact) mass is 372 g/mol. The molecule has 1 aliphatic heterocycles. The van der Waals surface area contributed by atoms with Crippen LogP contribution in [0.4, 0.5) is 4.39 Å². The Bertz CT molecular complexity index is 670. The molecular weight excluding hydrogens is 347 g/mol. The largest absolute Gasteiger partial charge is 0.385 e. The van der Waals surface area contributed by atoms with Crippen molar-refractivity contribution in [2.45, 2.75) is 24.2 Å². The summed E-state index contributed by atoms with van der Waals surface area (Å²) in [6, 6.07) is 4.81. The molecule has 25 heavy (non-hydrogen) atoms. The average Bonchev–Trinajstić information content (AvgIpc) is 2.61. The van der Waals surface area contributed by atoms with Crippen molar-refractivity contribution in [3.63, 3.8) is 0 Å². The predicted molar refractivity (Wildman–Crippen MR) is 92.0 cm³/mol. The van der Waals surface area contributed by atoms with Crippen LogP contribution in [0.2, 0.25) is 0 Å². The fraction of sp³-hybridized carbons (Fsp3) is 0.588. The lowest BCUT2D eigenvalue weighted by Gasteiger charge is -2.32. The molecule has 0 N–H and O–H groups in total. The highest BCUT2D eigenvalue weighted by atomic mass is 32.2. The van der Waals surface area contributed by atoms with Gasteiger partial charge in [-0.3, -0.25) is 4.79 Å². The van der Waals surface area contributed by atoms with Crippen LogP contribution in [0.1, 0.15) is 19.3 Å². The molecule has 0 bridgehead atoms. The minimum Gasteiger partial charge on any atom is -0.385 e. The lowest BCUT2D eigenvalue weighted by atomic mass is 9.96. The van der Waals surface area contributed by atoms with E-state index in [1.165, 1.54) is 16.4 Å². The van der Waals surface area contributed by atoms with Crippen LogP contribution in [0.15, 0.2) is 29.2 Å². The Hall–Kier alpha value is -1.51. The van der Waals surface area contributed by atoms with Crippen LogP contribution in [-0.2, 0) is 19.6 Å². The van der Waals surface area contributed by atoms with Gasteiger partial charge in [0.25, 0.3) is 0 Å². The summed E-state index contributed by atoms with van der Waals surface area (Å²) in [5.74, 6) is -0.582. The Morgan fingerprint density at radius 3 is 2.44 bits per heavy atom. The maximum Gasteiger partial charge on any atom is 0.243 e. The fourth-order valence-corrected chi connectivity index (χ4v) is 4.44. The number of hydrogen-bond acceptors (Lipinski definition) is 4. The van der Waals surface area contributed by atoms with Crippen molar-refractivity contribution in [3.05, 3.63) is 30.1 Å². The molecule has 140 valence electrons. The van der Waals surface area contributed by atoms with Gasteiger partial charge in [0.1, 0.15) is 5.82 Å². The van der Waals surface area contributed by atoms with E-state index in [0.717, 1.165) is 18.6 Å². The van der Waals surface area contributed by atoms with E-state index >= 15 is 0 Å². The summed E-state index contributed by atoms with van der Waals surface area (Å²) in [6.45, 7) is 1.82. The van der Waals surface area contributed by atoms with E-state index in [1.807, 2.05) is 0 Å². The summed E-state index contributed by atoms with van der Waals surface area (Å²) >= 11 is 0. The van der Waals surface area contributed by atoms with Gasteiger partial charge in [-0.25, -0.2) is 12.8 Å². The standard InChI is InChI=1S/C17H25FN2O4S/c1-19(10-3-13-24-2)17(21)14-8-11-20(12-9-14)25(22,23)16-6-4-15(18)5-7-16/h4-7,14H,3,8-13H2,1-2H3. The SMILES string of the molecule is COCCCN(C)C(=O)C1CCN(S(=O)(=O)c2ccc(F)cc2)CC1. The number of carbonyl (C=O) groups excluding carboxylic acids is 1. The summed E-state index contributed by atoms with van der Waals surface area (Å²) in [6.07, 6.45) is 1.76. The Kier molecular flexibility index (Phi) is 6.92. The second-order valence-electron chi connectivity index (χ2n) is 6.24. The number of methoxy groups -OCH3 is 1. The zero-order valence-electron chi connectivity index (χ0n) is 14.7. The molecule has 0 spiro atoms. The van der Waals surface area contributed by atoms with Crippen LogP contribution < -0.4 is 0 Å². The molecule has 0 unspecified atom stereocenters. The number of piperidine rings is 1. The first kappa shape index (κ1) is 19.8. The van der Waals surface area contributed by atoms with Crippen LogP contribution >= 0.6 is 0 Å². The Balaban J connectivity index is 1.92. The predicted octanol–water partition coefficient (Wildman–Crippen LogP) is 1.72. The minimum atomic E-state index is -3.64. The Morgan fingerprint density at radius 1 is 1.28 bits per heavy atom. The maximum absolute atomic E-state index is 13.0. The Morgan fingerprint density at radius 2 is 1.88 bits per heavy atom. The first-order chi connectivity index (χ1) is 11.9. The first-order valence-corrected chi connectivity index (χ1v) is 9.80. The van der Waals surface area contributed by atoms with Gasteiger partial charge in [-0.05, 0) is 43.5 Å². The molecule has 1 aliphatic rings. The molecule has 0 saturated carbocycles. The highest BCUT2D eigenvalue weighted by Crippen LogP contribution is 2.25. The van der Waals surface area contributed by atoms with Crippen LogP contribution in [-0.4, -0.2) is 63.9 Å². The normalized spacial score (nSPS) is 16.8. The van der Waals surface area contributed by atoms with Gasteiger partial charge in [-0.2, -0.15) is 4.31 Å². The quantitative estimate of drug-likeness (QED) is 0.684. The number of amides is 1. The molecule has 0 aromatic heterocycles. The van der Waals surface area contributed by atoms with Crippen LogP contribution in [0, 0.1) is 11.7 Å². The average molecular weight is 372 g/mol. The first-order valence-electron chi connectivity index (χ1n) is 8.36. The van der Waals surface area contributed by atoms with Gasteiger partial charge in [0.15, 0.2) is 0 Å². The zero-order chi connectivity index (χ0) is 18.4. The van der Waals surface area contributed by atoms with Crippen LogP contribution in [0.5, 0.6) is 0 Å². The summed E-state index contributed by atoms with van der Waals surface area (Å²) in [5, 5.41) is 0. The molecular formula is C17H25FN2O4S. The highest BCUT2D eigenvalue weighted by molar-refractivity contribution is 7.89. The topological polar surface area (TPSA) is 66.9 Å². The number of carbonyl (C=O) groups is 1. The molecule has 6 nitrogen and oxygen atoms in total. The molecule has 8 heteroatoms. The van der Waals surface area contributed by atoms with E-state index in [1.54, 1.807) is 19.1 Å². The van der Waals surface area contributed by atoms with E-state index in [0.29, 0.717) is 39.1 Å². The van der Waals surface area contributed by atoms with Crippen molar-refractivity contribution < 1.29 is 22.3 Å². The van der Waals surface area contributed by atoms with E-state index in [4.69, 9.17) is 4.74 Å². The number of halogens is 1. The number of sulfonamides is 1. The summed E-state index contributed by atoms with van der Waals surface area (Å²) in [7, 11) is -0.253. The number of hydrogen-bond donors (Lipinski definition) is 0. The summed E-state index contributed by atoms with van der Waals surface area (Å²) in [5.41, 5.74) is 0. The van der Waals surface area contributed by atoms with Gasteiger partial charge in [0.2, 0.25) is 15.9 Å². The highest BCUT2D eigenvalue weighted by Gasteiger charge is 2.33. The van der Waals surface area contributed by atoms with Gasteiger partial charge < -0.3 is 9.64 Å². The molecule has 1 saturated heterocycles. The number of benzene rings is 1. The maximum atomic E-state index is 13.0. The van der Waals surface area contributed by atoms with Gasteiger partial charge in [-0.15, -0.1) is 0 Å². The molecule has 1 heterocycles. The van der Waals surface area contributed by atoms with E-state index in [-0.39, 0.29) is 16.7 Å². The van der Waals surface area contributed by atoms with Crippen molar-refractivity contribution in [1.82, 2.24) is 9.21 Å². The molecule has 1 aromatic rings. The molecule has 1 fully saturated rings. The van der Waals surface area contributed by atoms with Gasteiger partial charge in [0.05, 0.1) is 4.90 Å². The molecule has 0 radical (unpaired) electrons. The molecule has 1 amide bonds. The second kappa shape index (κ2) is 8.73. The molecule has 0 atom stereocenters. The van der Waals surface area contributed by atoms with Gasteiger partial charge in [-0.1, -0.05) is 0 Å². The van der Waals surface area contributed by atoms with Crippen molar-refractivity contribution in [2.24, 2.45) is 5.92 Å². The third kappa shape index (κ3) is 4.99. The van der Waals surface area contributed by atoms with Crippen molar-refractivity contribution in [1.29, 1.82) is 0 Å². The van der Waals surface area contributed by atoms with Crippen LogP contribution in [0.3, 0.4) is 0 Å². The van der Waals surface area contributed by atoms with Crippen molar-refractivity contribution in [3.8, 4) is 0 Å². The molecule has 1 aromatic carbocycles. The second-order valence-corrected chi connectivity index (χ2v) is 8.18. The third-order valence-corrected chi connectivity index (χ3v) is 6.39. The summed E-state index contributed by atoms with van der Waals surface area (Å²) < 4.78 is 44.5. The minimum absolute atomic E-state index is 0.0509. The number of ether oxygens (including phenoxy) is 1. The molecule has 2 rings (SSSR count).